The van der Waals surface area contributed by atoms with Crippen molar-refractivity contribution in [1.29, 1.82) is 0 Å². The van der Waals surface area contributed by atoms with Crippen molar-refractivity contribution < 1.29 is 4.79 Å². The van der Waals surface area contributed by atoms with E-state index in [4.69, 9.17) is 11.6 Å². The number of hydrogen-bond acceptors (Lipinski definition) is 2. The van der Waals surface area contributed by atoms with Crippen molar-refractivity contribution in [1.82, 2.24) is 5.32 Å². The summed E-state index contributed by atoms with van der Waals surface area (Å²) in [5, 5.41) is 6.86. The molecule has 1 aliphatic heterocycles. The molecule has 1 heterocycles. The van der Waals surface area contributed by atoms with Gasteiger partial charge < -0.3 is 10.6 Å². The summed E-state index contributed by atoms with van der Waals surface area (Å²) in [5.41, 5.74) is 4.14. The fourth-order valence-electron chi connectivity index (χ4n) is 2.60. The number of halogens is 2. The van der Waals surface area contributed by atoms with Crippen LogP contribution in [0.15, 0.2) is 46.9 Å². The molecule has 0 aromatic heterocycles. The van der Waals surface area contributed by atoms with E-state index in [0.717, 1.165) is 35.2 Å². The van der Waals surface area contributed by atoms with Crippen LogP contribution in [0.25, 0.3) is 6.08 Å². The van der Waals surface area contributed by atoms with Crippen LogP contribution in [-0.4, -0.2) is 12.5 Å². The van der Waals surface area contributed by atoms with Crippen molar-refractivity contribution in [3.05, 3.63) is 68.7 Å². The minimum atomic E-state index is -0.180. The zero-order valence-corrected chi connectivity index (χ0v) is 14.7. The molecule has 0 bridgehead atoms. The molecule has 2 aromatic carbocycles. The van der Waals surface area contributed by atoms with Crippen molar-refractivity contribution in [2.24, 2.45) is 0 Å². The molecule has 3 nitrogen and oxygen atoms in total. The Morgan fingerprint density at radius 3 is 2.96 bits per heavy atom. The van der Waals surface area contributed by atoms with E-state index < -0.39 is 0 Å². The van der Waals surface area contributed by atoms with Crippen molar-refractivity contribution >= 4 is 45.2 Å². The minimum absolute atomic E-state index is 0.180. The van der Waals surface area contributed by atoms with Gasteiger partial charge in [-0.15, -0.1) is 0 Å². The standard InChI is InChI=1S/C18H16BrClN2O/c19-16-10-14(9-13-11-21-8-7-15(13)16)22-18(23)6-5-12-3-1-2-4-17(12)20/h1-6,9-10,21H,7-8,11H2,(H,22,23)/b6-5+. The Bertz CT molecular complexity index is 774. The number of hydrogen-bond donors (Lipinski definition) is 2. The Labute approximate surface area is 148 Å². The zero-order chi connectivity index (χ0) is 16.2. The molecular weight excluding hydrogens is 376 g/mol. The normalized spacial score (nSPS) is 13.8. The summed E-state index contributed by atoms with van der Waals surface area (Å²) >= 11 is 9.67. The van der Waals surface area contributed by atoms with E-state index in [2.05, 4.69) is 26.6 Å². The molecular formula is C18H16BrClN2O. The SMILES string of the molecule is O=C(/C=C/c1ccccc1Cl)Nc1cc(Br)c2c(c1)CNCC2. The molecule has 2 N–H and O–H groups in total. The first kappa shape index (κ1) is 16.2. The summed E-state index contributed by atoms with van der Waals surface area (Å²) < 4.78 is 1.04. The lowest BCUT2D eigenvalue weighted by molar-refractivity contribution is -0.111. The predicted octanol–water partition coefficient (Wildman–Crippen LogP) is 4.40. The molecule has 118 valence electrons. The lowest BCUT2D eigenvalue weighted by Crippen LogP contribution is -2.24. The van der Waals surface area contributed by atoms with E-state index in [0.29, 0.717) is 5.02 Å². The van der Waals surface area contributed by atoms with Gasteiger partial charge >= 0.3 is 0 Å². The summed E-state index contributed by atoms with van der Waals surface area (Å²) in [6.45, 7) is 1.81. The van der Waals surface area contributed by atoms with Crippen LogP contribution in [0, 0.1) is 0 Å². The highest BCUT2D eigenvalue weighted by molar-refractivity contribution is 9.10. The van der Waals surface area contributed by atoms with Crippen LogP contribution in [0.1, 0.15) is 16.7 Å². The van der Waals surface area contributed by atoms with Gasteiger partial charge in [-0.05, 0) is 53.9 Å². The monoisotopic (exact) mass is 390 g/mol. The molecule has 0 atom stereocenters. The minimum Gasteiger partial charge on any atom is -0.322 e. The third-order valence-corrected chi connectivity index (χ3v) is 4.79. The molecule has 0 unspecified atom stereocenters. The van der Waals surface area contributed by atoms with Crippen LogP contribution in [0.3, 0.4) is 0 Å². The molecule has 1 amide bonds. The number of anilines is 1. The molecule has 0 fully saturated rings. The van der Waals surface area contributed by atoms with Crippen LogP contribution in [0.4, 0.5) is 5.69 Å². The first-order chi connectivity index (χ1) is 11.1. The maximum absolute atomic E-state index is 12.1. The maximum atomic E-state index is 12.1. The van der Waals surface area contributed by atoms with Gasteiger partial charge in [0.05, 0.1) is 0 Å². The van der Waals surface area contributed by atoms with E-state index in [1.165, 1.54) is 17.2 Å². The highest BCUT2D eigenvalue weighted by Crippen LogP contribution is 2.28. The first-order valence-electron chi connectivity index (χ1n) is 7.39. The van der Waals surface area contributed by atoms with Gasteiger partial charge in [-0.1, -0.05) is 45.7 Å². The van der Waals surface area contributed by atoms with Gasteiger partial charge in [0, 0.05) is 27.8 Å². The van der Waals surface area contributed by atoms with Crippen molar-refractivity contribution in [2.45, 2.75) is 13.0 Å². The van der Waals surface area contributed by atoms with Gasteiger partial charge in [0.1, 0.15) is 0 Å². The number of carbonyl (C=O) groups excluding carboxylic acids is 1. The average Bonchev–Trinajstić information content (AvgIpc) is 2.54. The fraction of sp³-hybridized carbons (Fsp3) is 0.167. The second kappa shape index (κ2) is 7.30. The second-order valence-corrected chi connectivity index (χ2v) is 6.63. The Hall–Kier alpha value is -1.62. The van der Waals surface area contributed by atoms with E-state index in [-0.39, 0.29) is 5.91 Å². The molecule has 0 spiro atoms. The number of nitrogens with one attached hydrogen (secondary N) is 2. The summed E-state index contributed by atoms with van der Waals surface area (Å²) in [5.74, 6) is -0.180. The molecule has 3 rings (SSSR count). The van der Waals surface area contributed by atoms with E-state index in [9.17, 15) is 4.79 Å². The number of benzene rings is 2. The third kappa shape index (κ3) is 4.02. The fourth-order valence-corrected chi connectivity index (χ4v) is 3.50. The summed E-state index contributed by atoms with van der Waals surface area (Å²) in [7, 11) is 0. The van der Waals surface area contributed by atoms with Crippen LogP contribution in [0.5, 0.6) is 0 Å². The number of amides is 1. The van der Waals surface area contributed by atoms with Gasteiger partial charge in [0.25, 0.3) is 0 Å². The lowest BCUT2D eigenvalue weighted by atomic mass is 10.0. The topological polar surface area (TPSA) is 41.1 Å². The van der Waals surface area contributed by atoms with Gasteiger partial charge in [-0.2, -0.15) is 0 Å². The highest BCUT2D eigenvalue weighted by atomic mass is 79.9. The van der Waals surface area contributed by atoms with E-state index in [1.807, 2.05) is 30.3 Å². The van der Waals surface area contributed by atoms with Gasteiger partial charge in [0.2, 0.25) is 5.91 Å². The quantitative estimate of drug-likeness (QED) is 0.761. The molecule has 0 aliphatic carbocycles. The van der Waals surface area contributed by atoms with Crippen LogP contribution in [0.2, 0.25) is 5.02 Å². The summed E-state index contributed by atoms with van der Waals surface area (Å²) in [4.78, 5) is 12.1. The number of carbonyl (C=O) groups is 1. The molecule has 23 heavy (non-hydrogen) atoms. The molecule has 0 saturated carbocycles. The molecule has 5 heteroatoms. The number of rotatable bonds is 3. The largest absolute Gasteiger partial charge is 0.322 e. The van der Waals surface area contributed by atoms with E-state index >= 15 is 0 Å². The Kier molecular flexibility index (Phi) is 5.16. The Morgan fingerprint density at radius 1 is 1.30 bits per heavy atom. The smallest absolute Gasteiger partial charge is 0.248 e. The van der Waals surface area contributed by atoms with Crippen molar-refractivity contribution in [3.8, 4) is 0 Å². The zero-order valence-electron chi connectivity index (χ0n) is 12.4. The van der Waals surface area contributed by atoms with E-state index in [1.54, 1.807) is 12.1 Å². The summed E-state index contributed by atoms with van der Waals surface area (Å²) in [6.07, 6.45) is 4.20. The number of fused-ring (bicyclic) bond motifs is 1. The molecule has 0 saturated heterocycles. The molecule has 1 aliphatic rings. The second-order valence-electron chi connectivity index (χ2n) is 5.37. The molecule has 0 radical (unpaired) electrons. The van der Waals surface area contributed by atoms with Gasteiger partial charge in [-0.3, -0.25) is 4.79 Å². The van der Waals surface area contributed by atoms with Crippen molar-refractivity contribution in [2.75, 3.05) is 11.9 Å². The van der Waals surface area contributed by atoms with Crippen LogP contribution < -0.4 is 10.6 Å². The Morgan fingerprint density at radius 2 is 2.13 bits per heavy atom. The van der Waals surface area contributed by atoms with Crippen molar-refractivity contribution in [3.63, 3.8) is 0 Å². The molecule has 2 aromatic rings. The van der Waals surface area contributed by atoms with Crippen LogP contribution >= 0.6 is 27.5 Å². The maximum Gasteiger partial charge on any atom is 0.248 e. The lowest BCUT2D eigenvalue weighted by Gasteiger charge is -2.19. The van der Waals surface area contributed by atoms with Crippen LogP contribution in [-0.2, 0) is 17.8 Å². The Balaban J connectivity index is 1.73. The van der Waals surface area contributed by atoms with Gasteiger partial charge in [-0.25, -0.2) is 0 Å². The highest BCUT2D eigenvalue weighted by Gasteiger charge is 2.13. The summed E-state index contributed by atoms with van der Waals surface area (Å²) in [6, 6.07) is 11.4. The average molecular weight is 392 g/mol. The third-order valence-electron chi connectivity index (χ3n) is 3.74. The predicted molar refractivity (Wildman–Crippen MR) is 98.7 cm³/mol. The first-order valence-corrected chi connectivity index (χ1v) is 8.56. The van der Waals surface area contributed by atoms with Gasteiger partial charge in [0.15, 0.2) is 0 Å².